The molecular formula is C15H26N4O2. The van der Waals surface area contributed by atoms with E-state index in [1.54, 1.807) is 7.11 Å². The lowest BCUT2D eigenvalue weighted by Crippen LogP contribution is -2.36. The summed E-state index contributed by atoms with van der Waals surface area (Å²) in [5.74, 6) is 3.05. The van der Waals surface area contributed by atoms with Crippen LogP contribution in [0.1, 0.15) is 32.0 Å². The summed E-state index contributed by atoms with van der Waals surface area (Å²) in [4.78, 5) is 11.4. The molecule has 0 aromatic carbocycles. The molecule has 0 saturated carbocycles. The van der Waals surface area contributed by atoms with Gasteiger partial charge in [0.25, 0.3) is 0 Å². The number of methoxy groups -OCH3 is 1. The van der Waals surface area contributed by atoms with Crippen LogP contribution in [0, 0.1) is 5.92 Å². The van der Waals surface area contributed by atoms with E-state index in [4.69, 9.17) is 9.84 Å². The molecule has 1 atom stereocenters. The maximum absolute atomic E-state index is 9.13. The molecule has 1 saturated heterocycles. The molecule has 1 fully saturated rings. The summed E-state index contributed by atoms with van der Waals surface area (Å²) in [6, 6.07) is 2.00. The van der Waals surface area contributed by atoms with Gasteiger partial charge in [0, 0.05) is 39.4 Å². The quantitative estimate of drug-likeness (QED) is 0.797. The fourth-order valence-electron chi connectivity index (χ4n) is 2.80. The van der Waals surface area contributed by atoms with Crippen LogP contribution in [0.4, 0.5) is 11.6 Å². The van der Waals surface area contributed by atoms with Crippen molar-refractivity contribution in [1.29, 1.82) is 0 Å². The Morgan fingerprint density at radius 2 is 2.33 bits per heavy atom. The molecule has 2 rings (SSSR count). The Morgan fingerprint density at radius 3 is 3.05 bits per heavy atom. The van der Waals surface area contributed by atoms with Gasteiger partial charge in [-0.15, -0.1) is 0 Å². The molecule has 0 radical (unpaired) electrons. The molecule has 0 aliphatic carbocycles. The number of aromatic nitrogens is 2. The van der Waals surface area contributed by atoms with E-state index in [0.717, 1.165) is 44.1 Å². The standard InChI is InChI=1S/C15H26N4O2/c1-3-16-13-9-15(18-14(17-13)11-21-2)19-7-4-5-12(10-19)6-8-20/h9,12,20H,3-8,10-11H2,1-2H3,(H,16,17,18). The molecule has 21 heavy (non-hydrogen) atoms. The van der Waals surface area contributed by atoms with Crippen LogP contribution >= 0.6 is 0 Å². The minimum atomic E-state index is 0.264. The lowest BCUT2D eigenvalue weighted by molar-refractivity contribution is 0.178. The minimum Gasteiger partial charge on any atom is -0.396 e. The molecule has 0 bridgehead atoms. The van der Waals surface area contributed by atoms with E-state index in [1.165, 1.54) is 6.42 Å². The molecule has 6 heteroatoms. The van der Waals surface area contributed by atoms with Crippen LogP contribution in [0.2, 0.25) is 0 Å². The van der Waals surface area contributed by atoms with Crippen LogP contribution in [-0.4, -0.2) is 48.4 Å². The van der Waals surface area contributed by atoms with Crippen LogP contribution in [0.25, 0.3) is 0 Å². The fraction of sp³-hybridized carbons (Fsp3) is 0.733. The highest BCUT2D eigenvalue weighted by atomic mass is 16.5. The summed E-state index contributed by atoms with van der Waals surface area (Å²) < 4.78 is 5.16. The van der Waals surface area contributed by atoms with Crippen LogP contribution in [-0.2, 0) is 11.3 Å². The van der Waals surface area contributed by atoms with Crippen molar-refractivity contribution in [2.75, 3.05) is 43.6 Å². The van der Waals surface area contributed by atoms with Crippen molar-refractivity contribution >= 4 is 11.6 Å². The first-order valence-corrected chi connectivity index (χ1v) is 7.73. The summed E-state index contributed by atoms with van der Waals surface area (Å²) in [5, 5.41) is 12.4. The molecule has 2 N–H and O–H groups in total. The van der Waals surface area contributed by atoms with Crippen molar-refractivity contribution in [3.05, 3.63) is 11.9 Å². The third kappa shape index (κ3) is 4.54. The van der Waals surface area contributed by atoms with E-state index in [-0.39, 0.29) is 6.61 Å². The Balaban J connectivity index is 2.16. The highest BCUT2D eigenvalue weighted by Crippen LogP contribution is 2.25. The van der Waals surface area contributed by atoms with Crippen LogP contribution in [0.3, 0.4) is 0 Å². The Bertz CT molecular complexity index is 415. The van der Waals surface area contributed by atoms with Gasteiger partial charge in [-0.25, -0.2) is 9.97 Å². The number of aliphatic hydroxyl groups is 1. The van der Waals surface area contributed by atoms with E-state index in [1.807, 2.05) is 6.07 Å². The third-order valence-electron chi connectivity index (χ3n) is 3.77. The Hall–Kier alpha value is -1.40. The fourth-order valence-corrected chi connectivity index (χ4v) is 2.80. The molecule has 1 aromatic heterocycles. The molecule has 1 aromatic rings. The Morgan fingerprint density at radius 1 is 1.48 bits per heavy atom. The minimum absolute atomic E-state index is 0.264. The summed E-state index contributed by atoms with van der Waals surface area (Å²) in [5.41, 5.74) is 0. The molecular weight excluding hydrogens is 268 g/mol. The van der Waals surface area contributed by atoms with Crippen molar-refractivity contribution in [2.24, 2.45) is 5.92 Å². The zero-order valence-corrected chi connectivity index (χ0v) is 13.0. The van der Waals surface area contributed by atoms with Gasteiger partial charge in [0.15, 0.2) is 5.82 Å². The van der Waals surface area contributed by atoms with Crippen molar-refractivity contribution in [3.63, 3.8) is 0 Å². The van der Waals surface area contributed by atoms with Crippen molar-refractivity contribution in [1.82, 2.24) is 9.97 Å². The van der Waals surface area contributed by atoms with Gasteiger partial charge in [-0.2, -0.15) is 0 Å². The number of hydrogen-bond acceptors (Lipinski definition) is 6. The highest BCUT2D eigenvalue weighted by molar-refractivity contribution is 5.49. The second-order valence-corrected chi connectivity index (χ2v) is 5.46. The second-order valence-electron chi connectivity index (χ2n) is 5.46. The van der Waals surface area contributed by atoms with Crippen molar-refractivity contribution in [2.45, 2.75) is 32.8 Å². The van der Waals surface area contributed by atoms with E-state index in [2.05, 4.69) is 27.1 Å². The van der Waals surface area contributed by atoms with Gasteiger partial charge in [-0.1, -0.05) is 0 Å². The smallest absolute Gasteiger partial charge is 0.158 e. The van der Waals surface area contributed by atoms with Crippen LogP contribution < -0.4 is 10.2 Å². The number of piperidine rings is 1. The number of nitrogens with one attached hydrogen (secondary N) is 1. The molecule has 118 valence electrons. The predicted octanol–water partition coefficient (Wildman–Crippen LogP) is 1.65. The first-order valence-electron chi connectivity index (χ1n) is 7.73. The molecule has 0 amide bonds. The maximum atomic E-state index is 9.13. The van der Waals surface area contributed by atoms with Gasteiger partial charge in [-0.3, -0.25) is 0 Å². The number of rotatable bonds is 7. The third-order valence-corrected chi connectivity index (χ3v) is 3.77. The lowest BCUT2D eigenvalue weighted by atomic mass is 9.95. The first-order chi connectivity index (χ1) is 10.3. The monoisotopic (exact) mass is 294 g/mol. The van der Waals surface area contributed by atoms with E-state index in [9.17, 15) is 0 Å². The largest absolute Gasteiger partial charge is 0.396 e. The van der Waals surface area contributed by atoms with Crippen molar-refractivity contribution < 1.29 is 9.84 Å². The molecule has 1 aliphatic heterocycles. The number of nitrogens with zero attached hydrogens (tertiary/aromatic N) is 3. The van der Waals surface area contributed by atoms with Gasteiger partial charge < -0.3 is 20.1 Å². The number of hydrogen-bond donors (Lipinski definition) is 2. The van der Waals surface area contributed by atoms with Crippen LogP contribution in [0.5, 0.6) is 0 Å². The molecule has 0 spiro atoms. The number of anilines is 2. The van der Waals surface area contributed by atoms with E-state index < -0.39 is 0 Å². The SMILES string of the molecule is CCNc1cc(N2CCCC(CCO)C2)nc(COC)n1. The summed E-state index contributed by atoms with van der Waals surface area (Å²) in [7, 11) is 1.65. The van der Waals surface area contributed by atoms with Crippen LogP contribution in [0.15, 0.2) is 6.07 Å². The molecule has 1 aliphatic rings. The molecule has 6 nitrogen and oxygen atoms in total. The normalized spacial score (nSPS) is 18.8. The first kappa shape index (κ1) is 16.0. The lowest BCUT2D eigenvalue weighted by Gasteiger charge is -2.33. The maximum Gasteiger partial charge on any atom is 0.158 e. The number of aliphatic hydroxyl groups excluding tert-OH is 1. The van der Waals surface area contributed by atoms with Gasteiger partial charge in [0.1, 0.15) is 18.2 Å². The predicted molar refractivity (Wildman–Crippen MR) is 83.5 cm³/mol. The zero-order chi connectivity index (χ0) is 15.1. The molecule has 1 unspecified atom stereocenters. The number of ether oxygens (including phenoxy) is 1. The van der Waals surface area contributed by atoms with E-state index in [0.29, 0.717) is 18.3 Å². The summed E-state index contributed by atoms with van der Waals surface area (Å²) >= 11 is 0. The highest BCUT2D eigenvalue weighted by Gasteiger charge is 2.21. The second kappa shape index (κ2) is 8.14. The van der Waals surface area contributed by atoms with Gasteiger partial charge in [0.2, 0.25) is 0 Å². The van der Waals surface area contributed by atoms with Gasteiger partial charge >= 0.3 is 0 Å². The molecule has 2 heterocycles. The summed E-state index contributed by atoms with van der Waals surface area (Å²) in [6.45, 7) is 5.53. The van der Waals surface area contributed by atoms with Gasteiger partial charge in [-0.05, 0) is 32.1 Å². The Kier molecular flexibility index (Phi) is 6.20. The topological polar surface area (TPSA) is 70.5 Å². The average molecular weight is 294 g/mol. The van der Waals surface area contributed by atoms with E-state index >= 15 is 0 Å². The zero-order valence-electron chi connectivity index (χ0n) is 13.0. The van der Waals surface area contributed by atoms with Crippen molar-refractivity contribution in [3.8, 4) is 0 Å². The summed E-state index contributed by atoms with van der Waals surface area (Å²) in [6.07, 6.45) is 3.20. The van der Waals surface area contributed by atoms with Gasteiger partial charge in [0.05, 0.1) is 0 Å². The Labute approximate surface area is 126 Å². The average Bonchev–Trinajstić information content (AvgIpc) is 2.48.